The zero-order chi connectivity index (χ0) is 20.4. The van der Waals surface area contributed by atoms with Crippen LogP contribution in [0.15, 0.2) is 4.79 Å². The van der Waals surface area contributed by atoms with E-state index in [9.17, 15) is 9.59 Å². The van der Waals surface area contributed by atoms with Crippen molar-refractivity contribution in [3.63, 3.8) is 0 Å². The molecule has 1 fully saturated rings. The zero-order valence-corrected chi connectivity index (χ0v) is 18.5. The first-order valence-electron chi connectivity index (χ1n) is 11.2. The molecular weight excluding hydrogens is 384 g/mol. The lowest BCUT2D eigenvalue weighted by molar-refractivity contribution is -0.131. The summed E-state index contributed by atoms with van der Waals surface area (Å²) in [6, 6.07) is 0. The van der Waals surface area contributed by atoms with Crippen LogP contribution < -0.4 is 10.5 Å². The van der Waals surface area contributed by atoms with E-state index in [0.29, 0.717) is 26.1 Å². The van der Waals surface area contributed by atoms with Gasteiger partial charge in [-0.3, -0.25) is 14.2 Å². The maximum absolute atomic E-state index is 13.5. The lowest BCUT2D eigenvalue weighted by Crippen LogP contribution is -2.50. The highest BCUT2D eigenvalue weighted by molar-refractivity contribution is 7.18. The predicted molar refractivity (Wildman–Crippen MR) is 119 cm³/mol. The van der Waals surface area contributed by atoms with E-state index in [1.54, 1.807) is 11.3 Å². The fourth-order valence-corrected chi connectivity index (χ4v) is 5.76. The molecule has 158 valence electrons. The first-order valence-corrected chi connectivity index (χ1v) is 12.0. The first-order chi connectivity index (χ1) is 14.1. The summed E-state index contributed by atoms with van der Waals surface area (Å²) in [4.78, 5) is 37.2. The van der Waals surface area contributed by atoms with Crippen LogP contribution in [0.2, 0.25) is 0 Å². The van der Waals surface area contributed by atoms with Gasteiger partial charge >= 0.3 is 0 Å². The Kier molecular flexibility index (Phi) is 6.23. The van der Waals surface area contributed by atoms with Crippen LogP contribution in [0.3, 0.4) is 0 Å². The molecule has 4 rings (SSSR count). The zero-order valence-electron chi connectivity index (χ0n) is 17.7. The molecule has 1 saturated heterocycles. The summed E-state index contributed by atoms with van der Waals surface area (Å²) in [5.41, 5.74) is 1.41. The number of aromatic nitrogens is 2. The highest BCUT2D eigenvalue weighted by atomic mass is 32.1. The summed E-state index contributed by atoms with van der Waals surface area (Å²) in [5.74, 6) is 1.04. The van der Waals surface area contributed by atoms with Crippen LogP contribution in [0.4, 0.5) is 5.95 Å². The van der Waals surface area contributed by atoms with Crippen LogP contribution in [0, 0.1) is 0 Å². The largest absolute Gasteiger partial charge is 0.339 e. The van der Waals surface area contributed by atoms with Crippen molar-refractivity contribution in [2.75, 3.05) is 31.1 Å². The number of rotatable bonds is 6. The molecule has 0 radical (unpaired) electrons. The van der Waals surface area contributed by atoms with Crippen molar-refractivity contribution in [3.05, 3.63) is 20.8 Å². The maximum atomic E-state index is 13.5. The number of carbonyl (C=O) groups is 1. The SMILES string of the molecule is CCCCn1c(N2CCN(C(=O)CCC)CC2)nc2sc3c(c2c1=O)CCCC3. The molecule has 2 aromatic rings. The van der Waals surface area contributed by atoms with Crippen LogP contribution in [-0.2, 0) is 24.2 Å². The van der Waals surface area contributed by atoms with Gasteiger partial charge in [-0.25, -0.2) is 4.98 Å². The van der Waals surface area contributed by atoms with Crippen molar-refractivity contribution in [1.82, 2.24) is 14.5 Å². The van der Waals surface area contributed by atoms with Crippen molar-refractivity contribution in [1.29, 1.82) is 0 Å². The number of hydrogen-bond donors (Lipinski definition) is 0. The molecular formula is C22H32N4O2S. The lowest BCUT2D eigenvalue weighted by atomic mass is 9.97. The van der Waals surface area contributed by atoms with Gasteiger partial charge in [0, 0.05) is 44.0 Å². The second-order valence-electron chi connectivity index (χ2n) is 8.23. The van der Waals surface area contributed by atoms with Crippen molar-refractivity contribution >= 4 is 33.4 Å². The average molecular weight is 417 g/mol. The van der Waals surface area contributed by atoms with Crippen molar-refractivity contribution in [2.24, 2.45) is 0 Å². The van der Waals surface area contributed by atoms with E-state index in [4.69, 9.17) is 4.98 Å². The van der Waals surface area contributed by atoms with Gasteiger partial charge in [-0.2, -0.15) is 0 Å². The number of carbonyl (C=O) groups excluding carboxylic acids is 1. The minimum Gasteiger partial charge on any atom is -0.339 e. The molecule has 0 saturated carbocycles. The van der Waals surface area contributed by atoms with Crippen molar-refractivity contribution in [3.8, 4) is 0 Å². The van der Waals surface area contributed by atoms with Crippen LogP contribution in [0.5, 0.6) is 0 Å². The van der Waals surface area contributed by atoms with E-state index in [1.165, 1.54) is 23.3 Å². The van der Waals surface area contributed by atoms with Crippen LogP contribution >= 0.6 is 11.3 Å². The molecule has 0 atom stereocenters. The molecule has 3 heterocycles. The van der Waals surface area contributed by atoms with Gasteiger partial charge in [0.05, 0.1) is 5.39 Å². The average Bonchev–Trinajstić information content (AvgIpc) is 3.12. The highest BCUT2D eigenvalue weighted by Crippen LogP contribution is 2.34. The summed E-state index contributed by atoms with van der Waals surface area (Å²) < 4.78 is 1.91. The van der Waals surface area contributed by atoms with Gasteiger partial charge in [-0.05, 0) is 44.1 Å². The second kappa shape index (κ2) is 8.86. The van der Waals surface area contributed by atoms with Gasteiger partial charge in [0.2, 0.25) is 11.9 Å². The maximum Gasteiger partial charge on any atom is 0.263 e. The molecule has 0 bridgehead atoms. The van der Waals surface area contributed by atoms with Crippen molar-refractivity contribution in [2.45, 2.75) is 71.8 Å². The molecule has 2 aliphatic rings. The molecule has 0 unspecified atom stereocenters. The van der Waals surface area contributed by atoms with Gasteiger partial charge in [-0.15, -0.1) is 11.3 Å². The van der Waals surface area contributed by atoms with E-state index in [-0.39, 0.29) is 11.5 Å². The molecule has 2 aromatic heterocycles. The van der Waals surface area contributed by atoms with Crippen LogP contribution in [0.1, 0.15) is 62.8 Å². The number of aryl methyl sites for hydroxylation is 2. The predicted octanol–water partition coefficient (Wildman–Crippen LogP) is 3.59. The third kappa shape index (κ3) is 3.93. The van der Waals surface area contributed by atoms with E-state index >= 15 is 0 Å². The molecule has 1 amide bonds. The Bertz CT molecular complexity index is 940. The third-order valence-corrected chi connectivity index (χ3v) is 7.35. The molecule has 0 aromatic carbocycles. The molecule has 7 heteroatoms. The molecule has 29 heavy (non-hydrogen) atoms. The smallest absolute Gasteiger partial charge is 0.263 e. The Morgan fingerprint density at radius 1 is 1.07 bits per heavy atom. The molecule has 1 aliphatic heterocycles. The number of nitrogens with zero attached hydrogens (tertiary/aromatic N) is 4. The summed E-state index contributed by atoms with van der Waals surface area (Å²) in [6.45, 7) is 7.81. The number of hydrogen-bond acceptors (Lipinski definition) is 5. The number of unbranched alkanes of at least 4 members (excludes halogenated alkanes) is 1. The van der Waals surface area contributed by atoms with Crippen LogP contribution in [-0.4, -0.2) is 46.5 Å². The first kappa shape index (κ1) is 20.4. The molecule has 0 spiro atoms. The Hall–Kier alpha value is -1.89. The summed E-state index contributed by atoms with van der Waals surface area (Å²) in [6.07, 6.45) is 8.00. The van der Waals surface area contributed by atoms with E-state index in [1.807, 2.05) is 16.4 Å². The Morgan fingerprint density at radius 2 is 1.83 bits per heavy atom. The van der Waals surface area contributed by atoms with Gasteiger partial charge in [0.1, 0.15) is 4.83 Å². The third-order valence-electron chi connectivity index (χ3n) is 6.17. The lowest BCUT2D eigenvalue weighted by Gasteiger charge is -2.36. The molecule has 0 N–H and O–H groups in total. The minimum absolute atomic E-state index is 0.141. The van der Waals surface area contributed by atoms with Crippen molar-refractivity contribution < 1.29 is 4.79 Å². The van der Waals surface area contributed by atoms with E-state index in [2.05, 4.69) is 11.8 Å². The Morgan fingerprint density at radius 3 is 2.55 bits per heavy atom. The number of piperazine rings is 1. The van der Waals surface area contributed by atoms with E-state index in [0.717, 1.165) is 61.4 Å². The minimum atomic E-state index is 0.141. The Balaban J connectivity index is 1.68. The number of thiophene rings is 1. The Labute approximate surface area is 176 Å². The van der Waals surface area contributed by atoms with Gasteiger partial charge in [-0.1, -0.05) is 20.3 Å². The van der Waals surface area contributed by atoms with E-state index < -0.39 is 0 Å². The standard InChI is InChI=1S/C22H32N4O2S/c1-3-5-11-26-21(28)19-16-9-6-7-10-17(16)29-20(19)23-22(26)25-14-12-24(13-15-25)18(27)8-4-2/h3-15H2,1-2H3. The fraction of sp³-hybridized carbons (Fsp3) is 0.682. The number of amides is 1. The normalized spacial score (nSPS) is 17.0. The molecule has 6 nitrogen and oxygen atoms in total. The quantitative estimate of drug-likeness (QED) is 0.722. The number of anilines is 1. The van der Waals surface area contributed by atoms with Gasteiger partial charge in [0.15, 0.2) is 0 Å². The summed E-state index contributed by atoms with van der Waals surface area (Å²) in [7, 11) is 0. The van der Waals surface area contributed by atoms with Crippen LogP contribution in [0.25, 0.3) is 10.2 Å². The second-order valence-corrected chi connectivity index (χ2v) is 9.31. The van der Waals surface area contributed by atoms with Gasteiger partial charge < -0.3 is 9.80 Å². The topological polar surface area (TPSA) is 58.4 Å². The highest BCUT2D eigenvalue weighted by Gasteiger charge is 2.27. The number of fused-ring (bicyclic) bond motifs is 3. The van der Waals surface area contributed by atoms with Gasteiger partial charge in [0.25, 0.3) is 5.56 Å². The summed E-state index contributed by atoms with van der Waals surface area (Å²) >= 11 is 1.72. The fourth-order valence-electron chi connectivity index (χ4n) is 4.51. The summed E-state index contributed by atoms with van der Waals surface area (Å²) in [5, 5.41) is 0.876. The monoisotopic (exact) mass is 416 g/mol. The molecule has 1 aliphatic carbocycles.